The lowest BCUT2D eigenvalue weighted by Crippen LogP contribution is -2.51. The van der Waals surface area contributed by atoms with Gasteiger partial charge in [0, 0.05) is 79.8 Å². The van der Waals surface area contributed by atoms with E-state index in [0.29, 0.717) is 77.2 Å². The number of amides is 9. The lowest BCUT2D eigenvalue weighted by atomic mass is 10.0. The number of unbranched alkanes of at least 4 members (excludes halogenated alkanes) is 2. The third kappa shape index (κ3) is 17.0. The van der Waals surface area contributed by atoms with Gasteiger partial charge in [-0.2, -0.15) is 0 Å². The summed E-state index contributed by atoms with van der Waals surface area (Å²) in [5.41, 5.74) is 10.1. The molecule has 382 valence electrons. The summed E-state index contributed by atoms with van der Waals surface area (Å²) in [6, 6.07) is 12.2. The monoisotopic (exact) mass is 989 g/mol. The van der Waals surface area contributed by atoms with Gasteiger partial charge < -0.3 is 47.3 Å². The third-order valence-electron chi connectivity index (χ3n) is 11.2. The summed E-state index contributed by atoms with van der Waals surface area (Å²) in [5.74, 6) is -3.09. The van der Waals surface area contributed by atoms with Gasteiger partial charge in [0.2, 0.25) is 29.5 Å². The van der Waals surface area contributed by atoms with Crippen LogP contribution < -0.4 is 37.6 Å². The molecule has 21 nitrogen and oxygen atoms in total. The zero-order chi connectivity index (χ0) is 52.2. The summed E-state index contributed by atoms with van der Waals surface area (Å²) in [6.07, 6.45) is 10.0. The quantitative estimate of drug-likeness (QED) is 0.0469. The van der Waals surface area contributed by atoms with E-state index in [4.69, 9.17) is 10.5 Å². The standard InChI is InChI=1S/C51H63N11O10/c1-5-19-61(20-6-2)50(70)37-23-35-13-14-36(24-40(35)59-41(52)25-37)48(68)58-39-22-34(26-53-28-39)27-54-43(64)29-56-51(71)72-31-33-11-15-38(16-12-33)57-44(65)30-55-49(69)47(32(3)4)60-42(63)10-8-7-9-21-62-45(66)17-18-46(62)67/h11-18,22-24,26,28,32,47H,5-10,19-21,25,27,29-31H2,1-4H3,(H2,52,59)(H,54,64)(H,55,69)(H,56,71)(H,57,65)(H,58,68)(H,60,63)/t47-/m0/s1. The van der Waals surface area contributed by atoms with Crippen LogP contribution in [0.3, 0.4) is 0 Å². The average molecular weight is 990 g/mol. The maximum Gasteiger partial charge on any atom is 0.407 e. The first-order valence-corrected chi connectivity index (χ1v) is 23.9. The normalized spacial score (nSPS) is 13.2. The zero-order valence-corrected chi connectivity index (χ0v) is 41.0. The summed E-state index contributed by atoms with van der Waals surface area (Å²) in [5, 5.41) is 15.8. The van der Waals surface area contributed by atoms with Gasteiger partial charge in [0.25, 0.3) is 17.7 Å². The fourth-order valence-corrected chi connectivity index (χ4v) is 7.53. The lowest BCUT2D eigenvalue weighted by molar-refractivity contribution is -0.137. The van der Waals surface area contributed by atoms with E-state index < -0.39 is 35.8 Å². The Hall–Kier alpha value is -8.23. The Morgan fingerprint density at radius 1 is 0.778 bits per heavy atom. The molecule has 0 unspecified atom stereocenters. The van der Waals surface area contributed by atoms with E-state index in [1.807, 2.05) is 18.7 Å². The molecule has 2 aliphatic rings. The van der Waals surface area contributed by atoms with Gasteiger partial charge in [-0.3, -0.25) is 48.2 Å². The van der Waals surface area contributed by atoms with E-state index in [0.717, 1.165) is 17.7 Å². The Morgan fingerprint density at radius 3 is 2.18 bits per heavy atom. The Bertz CT molecular complexity index is 2570. The number of rotatable bonds is 25. The van der Waals surface area contributed by atoms with Crippen molar-refractivity contribution < 1.29 is 47.9 Å². The van der Waals surface area contributed by atoms with Crippen LogP contribution in [0.1, 0.15) is 99.7 Å². The number of hydrogen-bond acceptors (Lipinski definition) is 13. The molecule has 3 aromatic rings. The molecule has 2 aromatic carbocycles. The number of fused-ring (bicyclic) bond motifs is 1. The van der Waals surface area contributed by atoms with Crippen molar-refractivity contribution >= 4 is 82.3 Å². The van der Waals surface area contributed by atoms with Crippen LogP contribution in [0.2, 0.25) is 0 Å². The minimum absolute atomic E-state index is 0.0454. The molecule has 0 radical (unpaired) electrons. The second-order valence-electron chi connectivity index (χ2n) is 17.5. The Kier molecular flexibility index (Phi) is 20.7. The van der Waals surface area contributed by atoms with Crippen molar-refractivity contribution in [3.63, 3.8) is 0 Å². The predicted molar refractivity (Wildman–Crippen MR) is 269 cm³/mol. The van der Waals surface area contributed by atoms with Crippen LogP contribution in [0.4, 0.5) is 21.9 Å². The maximum absolute atomic E-state index is 13.3. The first-order chi connectivity index (χ1) is 34.5. The highest BCUT2D eigenvalue weighted by Crippen LogP contribution is 2.29. The molecule has 0 saturated heterocycles. The lowest BCUT2D eigenvalue weighted by Gasteiger charge is -2.22. The Morgan fingerprint density at radius 2 is 1.49 bits per heavy atom. The largest absolute Gasteiger partial charge is 0.445 e. The maximum atomic E-state index is 13.3. The van der Waals surface area contributed by atoms with E-state index in [1.165, 1.54) is 24.5 Å². The van der Waals surface area contributed by atoms with Gasteiger partial charge in [0.1, 0.15) is 25.0 Å². The SMILES string of the molecule is CCCN(CCC)C(=O)C1=Cc2ccc(C(=O)Nc3cncc(CNC(=O)CNC(=O)OCc4ccc(NC(=O)CNC(=O)[C@@H](NC(=O)CCCCCN5C(=O)C=CC5=O)C(C)C)cc4)c3)cc2N=C(N)C1. The van der Waals surface area contributed by atoms with E-state index >= 15 is 0 Å². The number of nitrogens with one attached hydrogen (secondary N) is 6. The fraction of sp³-hybridized carbons (Fsp3) is 0.392. The topological polar surface area (TPSA) is 293 Å². The molecular weight excluding hydrogens is 927 g/mol. The van der Waals surface area contributed by atoms with Gasteiger partial charge in [-0.15, -0.1) is 0 Å². The van der Waals surface area contributed by atoms with E-state index in [1.54, 1.807) is 68.5 Å². The number of amidine groups is 1. The summed E-state index contributed by atoms with van der Waals surface area (Å²) < 4.78 is 5.22. The molecule has 0 aliphatic carbocycles. The number of nitrogens with two attached hydrogens (primary N) is 1. The molecule has 0 spiro atoms. The van der Waals surface area contributed by atoms with Gasteiger partial charge in [0.05, 0.1) is 24.1 Å². The van der Waals surface area contributed by atoms with Crippen LogP contribution in [-0.2, 0) is 51.5 Å². The van der Waals surface area contributed by atoms with Crippen molar-refractivity contribution in [1.29, 1.82) is 0 Å². The van der Waals surface area contributed by atoms with Crippen LogP contribution in [0.15, 0.2) is 83.6 Å². The summed E-state index contributed by atoms with van der Waals surface area (Å²) in [7, 11) is 0. The van der Waals surface area contributed by atoms with Crippen molar-refractivity contribution in [2.24, 2.45) is 16.6 Å². The molecule has 3 heterocycles. The number of alkyl carbamates (subject to hydrolysis) is 1. The predicted octanol–water partition coefficient (Wildman–Crippen LogP) is 3.98. The number of benzene rings is 2. The molecule has 9 amide bonds. The molecular formula is C51H63N11O10. The number of carbonyl (C=O) groups is 9. The highest BCUT2D eigenvalue weighted by atomic mass is 16.5. The molecule has 21 heteroatoms. The zero-order valence-electron chi connectivity index (χ0n) is 41.0. The summed E-state index contributed by atoms with van der Waals surface area (Å²) in [4.78, 5) is 125. The second-order valence-corrected chi connectivity index (χ2v) is 17.5. The molecule has 1 aromatic heterocycles. The average Bonchev–Trinajstić information content (AvgIpc) is 3.57. The Labute approximate surface area is 417 Å². The fourth-order valence-electron chi connectivity index (χ4n) is 7.53. The first kappa shape index (κ1) is 54.7. The first-order valence-electron chi connectivity index (χ1n) is 23.9. The number of imide groups is 1. The van der Waals surface area contributed by atoms with Crippen molar-refractivity contribution in [3.05, 3.63) is 101 Å². The van der Waals surface area contributed by atoms with Gasteiger partial charge >= 0.3 is 6.09 Å². The van der Waals surface area contributed by atoms with Crippen molar-refractivity contribution in [1.82, 2.24) is 36.1 Å². The number of anilines is 2. The molecule has 8 N–H and O–H groups in total. The number of nitrogens with zero attached hydrogens (tertiary/aromatic N) is 4. The molecule has 0 fully saturated rings. The highest BCUT2D eigenvalue weighted by Gasteiger charge is 2.26. The highest BCUT2D eigenvalue weighted by molar-refractivity contribution is 6.13. The molecule has 0 saturated carbocycles. The minimum atomic E-state index is -0.872. The van der Waals surface area contributed by atoms with E-state index in [-0.39, 0.29) is 81.0 Å². The van der Waals surface area contributed by atoms with Gasteiger partial charge in [0.15, 0.2) is 0 Å². The number of carbonyl (C=O) groups excluding carboxylic acids is 9. The van der Waals surface area contributed by atoms with Crippen LogP contribution in [0.25, 0.3) is 6.08 Å². The summed E-state index contributed by atoms with van der Waals surface area (Å²) >= 11 is 0. The van der Waals surface area contributed by atoms with E-state index in [9.17, 15) is 43.2 Å². The van der Waals surface area contributed by atoms with Crippen LogP contribution in [0.5, 0.6) is 0 Å². The molecule has 0 bridgehead atoms. The van der Waals surface area contributed by atoms with Crippen molar-refractivity contribution in [2.45, 2.75) is 91.8 Å². The minimum Gasteiger partial charge on any atom is -0.445 e. The summed E-state index contributed by atoms with van der Waals surface area (Å²) in [6.45, 7) is 8.30. The second kappa shape index (κ2) is 27.2. The van der Waals surface area contributed by atoms with Gasteiger partial charge in [-0.25, -0.2) is 9.79 Å². The number of ether oxygens (including phenoxy) is 1. The number of pyridine rings is 1. The van der Waals surface area contributed by atoms with Crippen LogP contribution in [-0.4, -0.2) is 113 Å². The number of aromatic nitrogens is 1. The molecule has 72 heavy (non-hydrogen) atoms. The van der Waals surface area contributed by atoms with Gasteiger partial charge in [-0.05, 0) is 79.1 Å². The van der Waals surface area contributed by atoms with Crippen LogP contribution in [0, 0.1) is 5.92 Å². The Balaban J connectivity index is 0.975. The molecule has 5 rings (SSSR count). The van der Waals surface area contributed by atoms with E-state index in [2.05, 4.69) is 41.9 Å². The van der Waals surface area contributed by atoms with Gasteiger partial charge in [-0.1, -0.05) is 52.3 Å². The molecule has 2 aliphatic heterocycles. The smallest absolute Gasteiger partial charge is 0.407 e. The third-order valence-corrected chi connectivity index (χ3v) is 11.2. The van der Waals surface area contributed by atoms with Crippen LogP contribution >= 0.6 is 0 Å². The van der Waals surface area contributed by atoms with Crippen molar-refractivity contribution in [3.8, 4) is 0 Å². The molecule has 1 atom stereocenters. The number of hydrogen-bond donors (Lipinski definition) is 7. The number of aliphatic imine (C=N–C) groups is 1. The van der Waals surface area contributed by atoms with Crippen molar-refractivity contribution in [2.75, 3.05) is 43.4 Å².